The van der Waals surface area contributed by atoms with Crippen LogP contribution < -0.4 is 10.8 Å². The lowest BCUT2D eigenvalue weighted by atomic mass is 10.1. The van der Waals surface area contributed by atoms with E-state index in [1.165, 1.54) is 6.92 Å². The van der Waals surface area contributed by atoms with Gasteiger partial charge in [-0.3, -0.25) is 4.89 Å². The van der Waals surface area contributed by atoms with E-state index in [9.17, 15) is 4.79 Å². The summed E-state index contributed by atoms with van der Waals surface area (Å²) in [7, 11) is 0. The van der Waals surface area contributed by atoms with E-state index in [-0.39, 0.29) is 6.54 Å². The summed E-state index contributed by atoms with van der Waals surface area (Å²) in [6, 6.07) is 6.06. The fraction of sp³-hybridized carbons (Fsp3) is 0.333. The molecule has 0 unspecified atom stereocenters. The van der Waals surface area contributed by atoms with Gasteiger partial charge in [0.15, 0.2) is 0 Å². The summed E-state index contributed by atoms with van der Waals surface area (Å²) in [6.07, 6.45) is 0. The van der Waals surface area contributed by atoms with Gasteiger partial charge in [-0.05, 0) is 31.0 Å². The molecule has 0 spiro atoms. The van der Waals surface area contributed by atoms with Crippen LogP contribution in [0.1, 0.15) is 18.1 Å². The van der Waals surface area contributed by atoms with Crippen LogP contribution in [0.5, 0.6) is 0 Å². The molecule has 0 bridgehead atoms. The number of rotatable bonds is 5. The first-order valence-corrected chi connectivity index (χ1v) is 5.84. The monoisotopic (exact) mass is 268 g/mol. The molecule has 0 radical (unpaired) electrons. The maximum absolute atomic E-state index is 10.4. The highest BCUT2D eigenvalue weighted by atomic mass is 32.1. The molecule has 98 valence electrons. The summed E-state index contributed by atoms with van der Waals surface area (Å²) in [4.78, 5) is 19.6. The van der Waals surface area contributed by atoms with Gasteiger partial charge in [0.25, 0.3) is 0 Å². The van der Waals surface area contributed by atoms with E-state index in [0.29, 0.717) is 4.99 Å². The number of carbonyl (C=O) groups excluding carboxylic acids is 1. The average Bonchev–Trinajstić information content (AvgIpc) is 2.29. The highest BCUT2D eigenvalue weighted by Gasteiger charge is 2.02. The molecule has 0 saturated heterocycles. The van der Waals surface area contributed by atoms with E-state index in [1.807, 2.05) is 32.0 Å². The van der Waals surface area contributed by atoms with Crippen LogP contribution in [0.25, 0.3) is 0 Å². The average molecular weight is 268 g/mol. The molecule has 18 heavy (non-hydrogen) atoms. The standard InChI is InChI=1S/C12H16N2O3S/c1-8-4-5-9(2)11(6-8)14-12(18)7-13-17-16-10(3)15/h4-6,13H,7H2,1-3H3,(H,14,18). The molecule has 1 rings (SSSR count). The third kappa shape index (κ3) is 5.22. The second-order valence-electron chi connectivity index (χ2n) is 3.85. The highest BCUT2D eigenvalue weighted by molar-refractivity contribution is 7.80. The first-order valence-electron chi connectivity index (χ1n) is 5.43. The fourth-order valence-corrected chi connectivity index (χ4v) is 1.42. The van der Waals surface area contributed by atoms with E-state index in [4.69, 9.17) is 12.2 Å². The van der Waals surface area contributed by atoms with Crippen molar-refractivity contribution in [3.05, 3.63) is 29.3 Å². The molecule has 0 aliphatic heterocycles. The molecule has 0 aromatic heterocycles. The lowest BCUT2D eigenvalue weighted by Gasteiger charge is -2.11. The lowest BCUT2D eigenvalue weighted by molar-refractivity contribution is -0.304. The first kappa shape index (κ1) is 14.6. The summed E-state index contributed by atoms with van der Waals surface area (Å²) in [5.74, 6) is -0.532. The van der Waals surface area contributed by atoms with Crippen LogP contribution in [-0.4, -0.2) is 17.5 Å². The Morgan fingerprint density at radius 1 is 1.39 bits per heavy atom. The van der Waals surface area contributed by atoms with E-state index >= 15 is 0 Å². The van der Waals surface area contributed by atoms with Crippen LogP contribution in [0, 0.1) is 13.8 Å². The minimum Gasteiger partial charge on any atom is -0.349 e. The Balaban J connectivity index is 2.40. The van der Waals surface area contributed by atoms with Gasteiger partial charge >= 0.3 is 5.97 Å². The van der Waals surface area contributed by atoms with Gasteiger partial charge in [0.05, 0.1) is 11.5 Å². The maximum atomic E-state index is 10.4. The third-order valence-electron chi connectivity index (χ3n) is 2.12. The van der Waals surface area contributed by atoms with Crippen LogP contribution in [0.4, 0.5) is 5.69 Å². The number of aryl methyl sites for hydroxylation is 2. The Morgan fingerprint density at radius 2 is 2.11 bits per heavy atom. The fourth-order valence-electron chi connectivity index (χ4n) is 1.25. The third-order valence-corrected chi connectivity index (χ3v) is 2.36. The van der Waals surface area contributed by atoms with Gasteiger partial charge < -0.3 is 5.32 Å². The normalized spacial score (nSPS) is 9.94. The van der Waals surface area contributed by atoms with Crippen molar-refractivity contribution >= 4 is 28.9 Å². The lowest BCUT2D eigenvalue weighted by Crippen LogP contribution is -2.27. The zero-order valence-electron chi connectivity index (χ0n) is 10.6. The van der Waals surface area contributed by atoms with Crippen molar-refractivity contribution in [1.82, 2.24) is 5.48 Å². The van der Waals surface area contributed by atoms with Crippen LogP contribution >= 0.6 is 12.2 Å². The van der Waals surface area contributed by atoms with Crippen molar-refractivity contribution in [3.63, 3.8) is 0 Å². The van der Waals surface area contributed by atoms with Crippen LogP contribution in [0.3, 0.4) is 0 Å². The Kier molecular flexibility index (Phi) is 5.70. The predicted octanol–water partition coefficient (Wildman–Crippen LogP) is 2.04. The largest absolute Gasteiger partial charge is 0.349 e. The SMILES string of the molecule is CC(=O)OONCC(=S)Nc1cc(C)ccc1C. The van der Waals surface area contributed by atoms with Gasteiger partial charge in [0.1, 0.15) is 0 Å². The maximum Gasteiger partial charge on any atom is 0.341 e. The highest BCUT2D eigenvalue weighted by Crippen LogP contribution is 2.16. The van der Waals surface area contributed by atoms with Crippen molar-refractivity contribution in [3.8, 4) is 0 Å². The number of carbonyl (C=O) groups is 1. The minimum absolute atomic E-state index is 0.246. The molecule has 0 aliphatic carbocycles. The van der Waals surface area contributed by atoms with Crippen molar-refractivity contribution in [2.75, 3.05) is 11.9 Å². The zero-order chi connectivity index (χ0) is 13.5. The number of hydrogen-bond donors (Lipinski definition) is 2. The van der Waals surface area contributed by atoms with Crippen molar-refractivity contribution in [2.45, 2.75) is 20.8 Å². The molecule has 1 aromatic rings. The van der Waals surface area contributed by atoms with Gasteiger partial charge in [-0.1, -0.05) is 29.3 Å². The number of anilines is 1. The summed E-state index contributed by atoms with van der Waals surface area (Å²) >= 11 is 5.12. The van der Waals surface area contributed by atoms with E-state index in [1.54, 1.807) is 0 Å². The second-order valence-corrected chi connectivity index (χ2v) is 4.34. The van der Waals surface area contributed by atoms with Gasteiger partial charge in [-0.15, -0.1) is 0 Å². The molecule has 0 saturated carbocycles. The molecule has 5 nitrogen and oxygen atoms in total. The Hall–Kier alpha value is -1.50. The van der Waals surface area contributed by atoms with Crippen molar-refractivity contribution < 1.29 is 14.7 Å². The number of hydrogen-bond acceptors (Lipinski definition) is 5. The first-order chi connectivity index (χ1) is 8.49. The van der Waals surface area contributed by atoms with E-state index in [0.717, 1.165) is 16.8 Å². The summed E-state index contributed by atoms with van der Waals surface area (Å²) in [5.41, 5.74) is 5.63. The summed E-state index contributed by atoms with van der Waals surface area (Å²) in [6.45, 7) is 5.49. The van der Waals surface area contributed by atoms with Gasteiger partial charge in [0.2, 0.25) is 0 Å². The molecular weight excluding hydrogens is 252 g/mol. The Morgan fingerprint density at radius 3 is 2.78 bits per heavy atom. The molecule has 0 fully saturated rings. The quantitative estimate of drug-likeness (QED) is 0.369. The van der Waals surface area contributed by atoms with Gasteiger partial charge in [-0.2, -0.15) is 5.48 Å². The molecular formula is C12H16N2O3S. The predicted molar refractivity (Wildman–Crippen MR) is 73.0 cm³/mol. The number of nitrogens with one attached hydrogen (secondary N) is 2. The molecule has 2 N–H and O–H groups in total. The zero-order valence-corrected chi connectivity index (χ0v) is 11.4. The molecule has 6 heteroatoms. The molecule has 0 aliphatic rings. The van der Waals surface area contributed by atoms with Crippen LogP contribution in [-0.2, 0) is 14.7 Å². The number of thiocarbonyl (C=S) groups is 1. The van der Waals surface area contributed by atoms with E-state index in [2.05, 4.69) is 20.7 Å². The molecule has 0 heterocycles. The number of hydroxylamine groups is 1. The summed E-state index contributed by atoms with van der Waals surface area (Å²) in [5, 5.41) is 3.09. The van der Waals surface area contributed by atoms with Crippen molar-refractivity contribution in [2.24, 2.45) is 0 Å². The topological polar surface area (TPSA) is 59.6 Å². The molecule has 0 amide bonds. The van der Waals surface area contributed by atoms with Gasteiger partial charge in [-0.25, -0.2) is 4.79 Å². The Labute approximate surface area is 111 Å². The smallest absolute Gasteiger partial charge is 0.341 e. The van der Waals surface area contributed by atoms with Gasteiger partial charge in [0, 0.05) is 12.6 Å². The van der Waals surface area contributed by atoms with Crippen LogP contribution in [0.15, 0.2) is 18.2 Å². The summed E-state index contributed by atoms with van der Waals surface area (Å²) < 4.78 is 0. The number of benzene rings is 1. The molecule has 0 atom stereocenters. The van der Waals surface area contributed by atoms with Crippen molar-refractivity contribution in [1.29, 1.82) is 0 Å². The van der Waals surface area contributed by atoms with E-state index < -0.39 is 5.97 Å². The minimum atomic E-state index is -0.532. The Bertz CT molecular complexity index is 449. The second kappa shape index (κ2) is 7.05. The molecule has 1 aromatic carbocycles. The van der Waals surface area contributed by atoms with Crippen LogP contribution in [0.2, 0.25) is 0 Å².